The Balaban J connectivity index is 1.92. The fraction of sp³-hybridized carbons (Fsp3) is 0.333. The number of carbonyl (C=O) groups excluding carboxylic acids is 1. The molecule has 0 spiro atoms. The minimum Gasteiger partial charge on any atom is -0.450 e. The number of carbonyl (C=O) groups is 1. The molecule has 1 unspecified atom stereocenters. The summed E-state index contributed by atoms with van der Waals surface area (Å²) in [5.41, 5.74) is 1.98. The molecule has 0 fully saturated rings. The molecule has 0 N–H and O–H groups in total. The fourth-order valence-electron chi connectivity index (χ4n) is 3.92. The third kappa shape index (κ3) is 3.31. The second kappa shape index (κ2) is 7.36. The van der Waals surface area contributed by atoms with Gasteiger partial charge in [-0.3, -0.25) is 9.59 Å². The number of nitrogens with zero attached hydrogens (tertiary/aromatic N) is 1. The standard InChI is InChI=1S/C24H24FNO4/c1-24(2,3)15-7-5-14(6-8-15)20-19-21(27)17-13-16(25)9-10-18(17)30-22(19)23(28)26(20)11-12-29-4/h5-10,13,20H,11-12H2,1-4H3. The Morgan fingerprint density at radius 1 is 1.10 bits per heavy atom. The molecule has 156 valence electrons. The molecular formula is C24H24FNO4. The van der Waals surface area contributed by atoms with Crippen molar-refractivity contribution in [3.8, 4) is 0 Å². The number of ether oxygens (including phenoxy) is 1. The highest BCUT2D eigenvalue weighted by molar-refractivity contribution is 5.99. The minimum atomic E-state index is -0.611. The lowest BCUT2D eigenvalue weighted by molar-refractivity contribution is 0.0663. The third-order valence-electron chi connectivity index (χ3n) is 5.56. The van der Waals surface area contributed by atoms with Gasteiger partial charge in [-0.05, 0) is 34.7 Å². The van der Waals surface area contributed by atoms with Crippen LogP contribution in [0.25, 0.3) is 11.0 Å². The maximum absolute atomic E-state index is 13.8. The van der Waals surface area contributed by atoms with Crippen molar-refractivity contribution >= 4 is 16.9 Å². The van der Waals surface area contributed by atoms with E-state index in [4.69, 9.17) is 9.15 Å². The molecule has 0 aliphatic carbocycles. The highest BCUT2D eigenvalue weighted by Gasteiger charge is 2.42. The van der Waals surface area contributed by atoms with Crippen LogP contribution in [0.2, 0.25) is 0 Å². The smallest absolute Gasteiger partial charge is 0.290 e. The summed E-state index contributed by atoms with van der Waals surface area (Å²) in [6, 6.07) is 11.0. The molecule has 0 saturated heterocycles. The van der Waals surface area contributed by atoms with Crippen LogP contribution >= 0.6 is 0 Å². The van der Waals surface area contributed by atoms with Crippen LogP contribution in [0.1, 0.15) is 54.1 Å². The van der Waals surface area contributed by atoms with E-state index in [0.29, 0.717) is 13.2 Å². The van der Waals surface area contributed by atoms with E-state index in [2.05, 4.69) is 20.8 Å². The maximum atomic E-state index is 13.8. The van der Waals surface area contributed by atoms with Crippen molar-refractivity contribution in [2.24, 2.45) is 0 Å². The normalized spacial score (nSPS) is 16.4. The summed E-state index contributed by atoms with van der Waals surface area (Å²) in [5.74, 6) is -0.878. The average Bonchev–Trinajstić information content (AvgIpc) is 2.98. The van der Waals surface area contributed by atoms with Gasteiger partial charge in [-0.25, -0.2) is 4.39 Å². The lowest BCUT2D eigenvalue weighted by Crippen LogP contribution is -2.32. The number of methoxy groups -OCH3 is 1. The summed E-state index contributed by atoms with van der Waals surface area (Å²) in [5, 5.41) is 0.131. The van der Waals surface area contributed by atoms with Crippen LogP contribution < -0.4 is 5.43 Å². The molecule has 0 radical (unpaired) electrons. The highest BCUT2D eigenvalue weighted by atomic mass is 19.1. The first kappa shape index (κ1) is 20.3. The van der Waals surface area contributed by atoms with Gasteiger partial charge in [0, 0.05) is 13.7 Å². The van der Waals surface area contributed by atoms with E-state index in [1.165, 1.54) is 12.1 Å². The van der Waals surface area contributed by atoms with Gasteiger partial charge in [0.1, 0.15) is 11.4 Å². The first-order valence-electron chi connectivity index (χ1n) is 9.89. The summed E-state index contributed by atoms with van der Waals surface area (Å²) in [4.78, 5) is 28.0. The first-order valence-corrected chi connectivity index (χ1v) is 9.89. The van der Waals surface area contributed by atoms with Gasteiger partial charge >= 0.3 is 0 Å². The minimum absolute atomic E-state index is 0.0140. The summed E-state index contributed by atoms with van der Waals surface area (Å²) < 4.78 is 24.8. The molecule has 1 amide bonds. The third-order valence-corrected chi connectivity index (χ3v) is 5.56. The van der Waals surface area contributed by atoms with Gasteiger partial charge in [0.2, 0.25) is 5.76 Å². The molecular weight excluding hydrogens is 385 g/mol. The molecule has 5 nitrogen and oxygen atoms in total. The second-order valence-corrected chi connectivity index (χ2v) is 8.58. The Labute approximate surface area is 174 Å². The van der Waals surface area contributed by atoms with E-state index in [1.54, 1.807) is 12.0 Å². The van der Waals surface area contributed by atoms with Crippen LogP contribution in [0, 0.1) is 5.82 Å². The van der Waals surface area contributed by atoms with Crippen molar-refractivity contribution in [2.75, 3.05) is 20.3 Å². The zero-order valence-corrected chi connectivity index (χ0v) is 17.5. The SMILES string of the molecule is COCCN1C(=O)c2oc3ccc(F)cc3c(=O)c2C1c1ccc(C(C)(C)C)cc1. The molecule has 1 atom stereocenters. The van der Waals surface area contributed by atoms with E-state index in [0.717, 1.165) is 17.2 Å². The van der Waals surface area contributed by atoms with Gasteiger partial charge in [-0.15, -0.1) is 0 Å². The molecule has 1 aliphatic rings. The van der Waals surface area contributed by atoms with Crippen LogP contribution in [-0.2, 0) is 10.2 Å². The maximum Gasteiger partial charge on any atom is 0.290 e. The molecule has 1 aromatic heterocycles. The molecule has 2 aromatic carbocycles. The van der Waals surface area contributed by atoms with Crippen LogP contribution in [-0.4, -0.2) is 31.1 Å². The largest absolute Gasteiger partial charge is 0.450 e. The molecule has 3 aromatic rings. The fourth-order valence-corrected chi connectivity index (χ4v) is 3.92. The van der Waals surface area contributed by atoms with Crippen LogP contribution in [0.5, 0.6) is 0 Å². The monoisotopic (exact) mass is 409 g/mol. The number of hydrogen-bond donors (Lipinski definition) is 0. The van der Waals surface area contributed by atoms with Crippen molar-refractivity contribution in [1.29, 1.82) is 0 Å². The summed E-state index contributed by atoms with van der Waals surface area (Å²) in [7, 11) is 1.56. The number of fused-ring (bicyclic) bond motifs is 2. The summed E-state index contributed by atoms with van der Waals surface area (Å²) in [6.07, 6.45) is 0. The number of halogens is 1. The van der Waals surface area contributed by atoms with E-state index in [1.807, 2.05) is 24.3 Å². The van der Waals surface area contributed by atoms with Crippen LogP contribution in [0.15, 0.2) is 51.7 Å². The molecule has 4 rings (SSSR count). The van der Waals surface area contributed by atoms with Gasteiger partial charge in [-0.1, -0.05) is 45.0 Å². The molecule has 1 aliphatic heterocycles. The molecule has 2 heterocycles. The molecule has 0 bridgehead atoms. The number of benzene rings is 2. The van der Waals surface area contributed by atoms with Crippen molar-refractivity contribution in [2.45, 2.75) is 32.2 Å². The summed E-state index contributed by atoms with van der Waals surface area (Å²) in [6.45, 7) is 6.98. The zero-order valence-electron chi connectivity index (χ0n) is 17.5. The quantitative estimate of drug-likeness (QED) is 0.640. The lowest BCUT2D eigenvalue weighted by atomic mass is 9.86. The zero-order chi connectivity index (χ0) is 21.6. The van der Waals surface area contributed by atoms with Gasteiger partial charge in [-0.2, -0.15) is 0 Å². The van der Waals surface area contributed by atoms with Crippen LogP contribution in [0.4, 0.5) is 4.39 Å². The van der Waals surface area contributed by atoms with Crippen molar-refractivity contribution in [1.82, 2.24) is 4.90 Å². The Morgan fingerprint density at radius 3 is 2.43 bits per heavy atom. The number of hydrogen-bond acceptors (Lipinski definition) is 4. The number of amides is 1. The van der Waals surface area contributed by atoms with E-state index in [-0.39, 0.29) is 39.0 Å². The Kier molecular flexibility index (Phi) is 4.98. The van der Waals surface area contributed by atoms with Crippen molar-refractivity contribution < 1.29 is 18.3 Å². The molecule has 6 heteroatoms. The van der Waals surface area contributed by atoms with Crippen molar-refractivity contribution in [3.05, 3.63) is 81.0 Å². The van der Waals surface area contributed by atoms with E-state index < -0.39 is 11.9 Å². The Hall–Kier alpha value is -2.99. The van der Waals surface area contributed by atoms with Crippen molar-refractivity contribution in [3.63, 3.8) is 0 Å². The Bertz CT molecular complexity index is 1170. The number of rotatable bonds is 4. The predicted molar refractivity (Wildman–Crippen MR) is 112 cm³/mol. The van der Waals surface area contributed by atoms with Gasteiger partial charge in [0.05, 0.1) is 23.6 Å². The summed E-state index contributed by atoms with van der Waals surface area (Å²) >= 11 is 0. The van der Waals surface area contributed by atoms with Gasteiger partial charge in [0.25, 0.3) is 5.91 Å². The molecule has 0 saturated carbocycles. The highest BCUT2D eigenvalue weighted by Crippen LogP contribution is 2.38. The average molecular weight is 409 g/mol. The van der Waals surface area contributed by atoms with E-state index >= 15 is 0 Å². The van der Waals surface area contributed by atoms with Crippen LogP contribution in [0.3, 0.4) is 0 Å². The van der Waals surface area contributed by atoms with Gasteiger partial charge < -0.3 is 14.1 Å². The Morgan fingerprint density at radius 2 is 1.80 bits per heavy atom. The predicted octanol–water partition coefficient (Wildman–Crippen LogP) is 4.42. The molecule has 30 heavy (non-hydrogen) atoms. The lowest BCUT2D eigenvalue weighted by Gasteiger charge is -2.26. The topological polar surface area (TPSA) is 59.8 Å². The second-order valence-electron chi connectivity index (χ2n) is 8.58. The van der Waals surface area contributed by atoms with Gasteiger partial charge in [0.15, 0.2) is 5.43 Å². The first-order chi connectivity index (χ1) is 14.2. The van der Waals surface area contributed by atoms with E-state index in [9.17, 15) is 14.0 Å².